The smallest absolute Gasteiger partial charge is 0.387 e. The van der Waals surface area contributed by atoms with E-state index in [1.54, 1.807) is 11.6 Å². The highest BCUT2D eigenvalue weighted by Gasteiger charge is 2.48. The lowest BCUT2D eigenvalue weighted by atomic mass is 10.1. The van der Waals surface area contributed by atoms with Crippen LogP contribution in [-0.4, -0.2) is 70.8 Å². The van der Waals surface area contributed by atoms with E-state index in [-0.39, 0.29) is 0 Å². The Morgan fingerprint density at radius 1 is 1.13 bits per heavy atom. The lowest BCUT2D eigenvalue weighted by Crippen LogP contribution is -2.42. The molecule has 15 nitrogen and oxygen atoms in total. The van der Waals surface area contributed by atoms with Gasteiger partial charge in [-0.15, -0.1) is 24.0 Å². The van der Waals surface area contributed by atoms with Gasteiger partial charge in [-0.1, -0.05) is 0 Å². The zero-order valence-corrected chi connectivity index (χ0v) is 19.4. The molecule has 2 aliphatic heterocycles. The Balaban J connectivity index is 1.62. The second-order valence-electron chi connectivity index (χ2n) is 6.17. The van der Waals surface area contributed by atoms with E-state index in [2.05, 4.69) is 30.8 Å². The number of phosphoric acid groups is 3. The van der Waals surface area contributed by atoms with E-state index < -0.39 is 60.0 Å². The van der Waals surface area contributed by atoms with Gasteiger partial charge in [0.1, 0.15) is 23.7 Å². The van der Waals surface area contributed by atoms with Crippen LogP contribution in [0.15, 0.2) is 11.7 Å². The molecule has 3 rings (SSSR count). The fourth-order valence-electron chi connectivity index (χ4n) is 2.76. The molecule has 7 atom stereocenters. The average Bonchev–Trinajstić information content (AvgIpc) is 3.17. The van der Waals surface area contributed by atoms with E-state index in [1.807, 2.05) is 0 Å². The number of fused-ring (bicyclic) bond motifs is 1. The topological polar surface area (TPSA) is 226 Å². The summed E-state index contributed by atoms with van der Waals surface area (Å²) < 4.78 is 50.9. The number of hydrogen-bond acceptors (Lipinski definition) is 13. The minimum Gasteiger partial charge on any atom is -0.387 e. The highest BCUT2D eigenvalue weighted by atomic mass is 32.1. The average molecular weight is 542 g/mol. The molecule has 1 aromatic heterocycles. The predicted molar refractivity (Wildman–Crippen MR) is 105 cm³/mol. The van der Waals surface area contributed by atoms with Gasteiger partial charge in [0.15, 0.2) is 6.23 Å². The molecule has 0 bridgehead atoms. The van der Waals surface area contributed by atoms with Crippen molar-refractivity contribution in [2.45, 2.75) is 29.9 Å². The Morgan fingerprint density at radius 2 is 1.81 bits per heavy atom. The van der Waals surface area contributed by atoms with E-state index in [0.29, 0.717) is 5.69 Å². The first-order chi connectivity index (χ1) is 14.2. The molecule has 6 N–H and O–H groups in total. The molecule has 5 unspecified atom stereocenters. The van der Waals surface area contributed by atoms with Crippen LogP contribution in [0, 0.1) is 0 Å². The van der Waals surface area contributed by atoms with E-state index in [4.69, 9.17) is 19.4 Å². The zero-order chi connectivity index (χ0) is 23.2. The Bertz CT molecular complexity index is 984. The van der Waals surface area contributed by atoms with E-state index in [9.17, 15) is 28.8 Å². The molecule has 1 fully saturated rings. The van der Waals surface area contributed by atoms with Crippen LogP contribution >= 0.6 is 47.4 Å². The molecule has 1 aromatic rings. The van der Waals surface area contributed by atoms with Crippen LogP contribution in [0.25, 0.3) is 6.08 Å². The first-order valence-corrected chi connectivity index (χ1v) is 14.0. The number of thiazole rings is 1. The molecule has 0 aromatic carbocycles. The molecule has 0 radical (unpaired) electrons. The third kappa shape index (κ3) is 6.23. The van der Waals surface area contributed by atoms with Crippen molar-refractivity contribution in [2.24, 2.45) is 0 Å². The summed E-state index contributed by atoms with van der Waals surface area (Å²) in [6.45, 7) is -0.904. The van der Waals surface area contributed by atoms with Crippen molar-refractivity contribution in [2.75, 3.05) is 6.61 Å². The summed E-state index contributed by atoms with van der Waals surface area (Å²) in [5.74, 6) is 0. The summed E-state index contributed by atoms with van der Waals surface area (Å²) in [6.07, 6.45) is -2.46. The highest BCUT2D eigenvalue weighted by Crippen LogP contribution is 2.66. The number of hydrogen-bond donors (Lipinski definition) is 7. The number of aliphatic hydroxyl groups excluding tert-OH is 2. The fourth-order valence-corrected chi connectivity index (χ4v) is 7.08. The number of thiol groups is 1. The summed E-state index contributed by atoms with van der Waals surface area (Å²) in [6, 6.07) is 0. The molecule has 0 aliphatic carbocycles. The number of ether oxygens (including phenoxy) is 1. The van der Waals surface area contributed by atoms with Crippen molar-refractivity contribution in [3.8, 4) is 0 Å². The third-order valence-electron chi connectivity index (χ3n) is 3.99. The molecule has 3 heterocycles. The second kappa shape index (κ2) is 9.22. The van der Waals surface area contributed by atoms with E-state index in [1.165, 1.54) is 22.4 Å². The number of aliphatic hydroxyl groups is 2. The van der Waals surface area contributed by atoms with Gasteiger partial charge in [0.05, 0.1) is 22.7 Å². The third-order valence-corrected chi connectivity index (χ3v) is 9.39. The first kappa shape index (κ1) is 25.4. The molecular weight excluding hydrogens is 525 g/mol. The summed E-state index contributed by atoms with van der Waals surface area (Å²) in [5.41, 5.74) is 2.28. The van der Waals surface area contributed by atoms with Gasteiger partial charge in [0.2, 0.25) is 0 Å². The molecule has 0 spiro atoms. The molecule has 176 valence electrons. The van der Waals surface area contributed by atoms with Crippen molar-refractivity contribution < 1.29 is 61.4 Å². The number of phosphoric ester groups is 1. The maximum absolute atomic E-state index is 11.8. The monoisotopic (exact) mass is 542 g/mol. The number of aromatic nitrogens is 1. The van der Waals surface area contributed by atoms with Gasteiger partial charge in [-0.2, -0.15) is 8.62 Å². The van der Waals surface area contributed by atoms with Gasteiger partial charge in [0.25, 0.3) is 0 Å². The lowest BCUT2D eigenvalue weighted by molar-refractivity contribution is -0.0826. The maximum Gasteiger partial charge on any atom is 0.490 e. The normalized spacial score (nSPS) is 32.5. The summed E-state index contributed by atoms with van der Waals surface area (Å²) >= 11 is 5.77. The predicted octanol–water partition coefficient (Wildman–Crippen LogP) is 0.148. The van der Waals surface area contributed by atoms with E-state index >= 15 is 0 Å². The van der Waals surface area contributed by atoms with Gasteiger partial charge in [-0.3, -0.25) is 4.52 Å². The van der Waals surface area contributed by atoms with Crippen LogP contribution in [0.4, 0.5) is 0 Å². The number of rotatable bonds is 8. The van der Waals surface area contributed by atoms with Gasteiger partial charge in [-0.05, 0) is 6.08 Å². The van der Waals surface area contributed by atoms with Crippen molar-refractivity contribution >= 4 is 53.5 Å². The summed E-state index contributed by atoms with van der Waals surface area (Å²) in [7, 11) is -16.6. The standard InChI is InChI=1S/C11H17N2O13P3S2/c14-7-6(3-23-28(19,20)26-29(21,22)25-27(16,17)18)24-10(8(7)15)13-2-1-5-9(11(13)30)31-4-12-5/h1-2,4,6-8,10-11,14-15,30H,3H2,(H,19,20)(H,21,22)(H2,16,17,18)/t6-,7?,8?,10-,11?/m1/s1. The Hall–Kier alpha value is -0.190. The van der Waals surface area contributed by atoms with Crippen LogP contribution in [-0.2, 0) is 31.6 Å². The molecule has 2 aliphatic rings. The van der Waals surface area contributed by atoms with Crippen LogP contribution in [0.3, 0.4) is 0 Å². The van der Waals surface area contributed by atoms with Crippen LogP contribution < -0.4 is 0 Å². The van der Waals surface area contributed by atoms with Crippen molar-refractivity contribution in [1.82, 2.24) is 9.88 Å². The van der Waals surface area contributed by atoms with Gasteiger partial charge < -0.3 is 39.4 Å². The largest absolute Gasteiger partial charge is 0.490 e. The first-order valence-electron chi connectivity index (χ1n) is 8.06. The van der Waals surface area contributed by atoms with Gasteiger partial charge >= 0.3 is 23.5 Å². The SMILES string of the molecule is O=P(O)(O)OP(=O)(O)OP(=O)(O)OC[C@H]1O[C@@H](N2C=Cc3ncsc3C2S)C(O)C1O. The minimum atomic E-state index is -5.68. The van der Waals surface area contributed by atoms with Crippen LogP contribution in [0.2, 0.25) is 0 Å². The maximum atomic E-state index is 11.8. The molecule has 0 saturated carbocycles. The summed E-state index contributed by atoms with van der Waals surface area (Å²) in [4.78, 5) is 42.0. The van der Waals surface area contributed by atoms with E-state index in [0.717, 1.165) is 4.88 Å². The highest BCUT2D eigenvalue weighted by molar-refractivity contribution is 7.80. The van der Waals surface area contributed by atoms with Crippen LogP contribution in [0.1, 0.15) is 15.9 Å². The molecule has 1 saturated heterocycles. The Kier molecular flexibility index (Phi) is 7.56. The fraction of sp³-hybridized carbons (Fsp3) is 0.545. The van der Waals surface area contributed by atoms with Gasteiger partial charge in [0, 0.05) is 6.20 Å². The quantitative estimate of drug-likeness (QED) is 0.171. The molecule has 0 amide bonds. The molecule has 20 heteroatoms. The lowest BCUT2D eigenvalue weighted by Gasteiger charge is -2.35. The Labute approximate surface area is 183 Å². The molecular formula is C11H17N2O13P3S2. The van der Waals surface area contributed by atoms with Crippen molar-refractivity contribution in [1.29, 1.82) is 0 Å². The Morgan fingerprint density at radius 3 is 2.45 bits per heavy atom. The summed E-state index contributed by atoms with van der Waals surface area (Å²) in [5, 5.41) is 20.0. The van der Waals surface area contributed by atoms with Gasteiger partial charge in [-0.25, -0.2) is 18.7 Å². The van der Waals surface area contributed by atoms with Crippen molar-refractivity contribution in [3.05, 3.63) is 22.3 Å². The zero-order valence-electron chi connectivity index (χ0n) is 15.0. The van der Waals surface area contributed by atoms with Crippen molar-refractivity contribution in [3.63, 3.8) is 0 Å². The molecule has 31 heavy (non-hydrogen) atoms. The van der Waals surface area contributed by atoms with Crippen LogP contribution in [0.5, 0.6) is 0 Å². The number of nitrogens with zero attached hydrogens (tertiary/aromatic N) is 2. The minimum absolute atomic E-state index is 0.573. The second-order valence-corrected chi connectivity index (χ2v) is 12.0.